The average molecular weight is 263 g/mol. The predicted molar refractivity (Wildman–Crippen MR) is 49.7 cm³/mol. The molecule has 98 valence electrons. The number of aliphatic hydroxyl groups is 3. The topological polar surface area (TPSA) is 190 Å². The number of allylic oxidation sites excluding steroid dienone is 1. The third-order valence-electron chi connectivity index (χ3n) is 2.22. The van der Waals surface area contributed by atoms with Crippen LogP contribution >= 0.6 is 0 Å². The first kappa shape index (κ1) is 13.5. The fourth-order valence-electron chi connectivity index (χ4n) is 1.29. The Labute approximate surface area is 96.5 Å². The Kier molecular flexibility index (Phi) is 3.00. The van der Waals surface area contributed by atoms with Crippen molar-refractivity contribution in [2.75, 3.05) is 0 Å². The van der Waals surface area contributed by atoms with E-state index in [1.807, 2.05) is 0 Å². The predicted octanol–water partition coefficient (Wildman–Crippen LogP) is -1.47. The van der Waals surface area contributed by atoms with Crippen LogP contribution in [0.4, 0.5) is 0 Å². The second-order valence-corrected chi connectivity index (χ2v) is 3.20. The van der Waals surface area contributed by atoms with E-state index in [1.165, 1.54) is 0 Å². The zero-order chi connectivity index (χ0) is 14.2. The van der Waals surface area contributed by atoms with Gasteiger partial charge in [-0.15, -0.1) is 0 Å². The first-order chi connectivity index (χ1) is 8.13. The van der Waals surface area contributed by atoms with Crippen molar-refractivity contribution in [1.82, 2.24) is 0 Å². The minimum absolute atomic E-state index is 0.137. The fraction of sp³-hybridized carbons (Fsp3) is 0.333. The number of aliphatic hydroxyl groups excluding tert-OH is 2. The van der Waals surface area contributed by atoms with Gasteiger partial charge in [0.2, 0.25) is 0 Å². The van der Waals surface area contributed by atoms with Crippen LogP contribution in [0.2, 0.25) is 0 Å². The summed E-state index contributed by atoms with van der Waals surface area (Å²) in [4.78, 5) is 27.1. The summed E-state index contributed by atoms with van der Waals surface area (Å²) in [7, 11) is 0. The molecule has 18 heavy (non-hydrogen) atoms. The smallest absolute Gasteiger partial charge is 0.423 e. The lowest BCUT2D eigenvalue weighted by Gasteiger charge is -2.23. The second kappa shape index (κ2) is 4.01. The highest BCUT2D eigenvalue weighted by molar-refractivity contribution is 5.31. The molecule has 0 spiro atoms. The van der Waals surface area contributed by atoms with E-state index in [1.54, 1.807) is 0 Å². The summed E-state index contributed by atoms with van der Waals surface area (Å²) >= 11 is 0. The van der Waals surface area contributed by atoms with E-state index in [2.05, 4.69) is 0 Å². The third-order valence-corrected chi connectivity index (χ3v) is 2.22. The van der Waals surface area contributed by atoms with Crippen LogP contribution in [0.1, 0.15) is 0 Å². The van der Waals surface area contributed by atoms with E-state index >= 15 is 0 Å². The van der Waals surface area contributed by atoms with Crippen LogP contribution in [0.5, 0.6) is 0 Å². The van der Waals surface area contributed by atoms with Crippen LogP contribution < -0.4 is 0 Å². The molecule has 0 saturated heterocycles. The summed E-state index contributed by atoms with van der Waals surface area (Å²) < 4.78 is 0. The molecule has 0 aliphatic heterocycles. The molecule has 0 saturated carbocycles. The summed E-state index contributed by atoms with van der Waals surface area (Å²) in [6, 6.07) is 0. The Morgan fingerprint density at radius 3 is 2.00 bits per heavy atom. The molecule has 0 aromatic rings. The van der Waals surface area contributed by atoms with E-state index in [-0.39, 0.29) is 6.08 Å². The summed E-state index contributed by atoms with van der Waals surface area (Å²) in [6.45, 7) is 0. The molecule has 2 unspecified atom stereocenters. The number of rotatable bonds is 3. The normalized spacial score (nSPS) is 27.7. The van der Waals surface area contributed by atoms with Crippen molar-refractivity contribution in [3.63, 3.8) is 0 Å². The van der Waals surface area contributed by atoms with Crippen molar-refractivity contribution >= 4 is 0 Å². The minimum Gasteiger partial charge on any atom is -0.499 e. The van der Waals surface area contributed by atoms with Gasteiger partial charge in [0.05, 0.1) is 20.8 Å². The van der Waals surface area contributed by atoms with E-state index in [4.69, 9.17) is 0 Å². The molecule has 0 aromatic carbocycles. The van der Waals surface area contributed by atoms with E-state index in [0.717, 1.165) is 0 Å². The molecular weight excluding hydrogens is 258 g/mol. The van der Waals surface area contributed by atoms with Gasteiger partial charge in [0.15, 0.2) is 0 Å². The Balaban J connectivity index is 3.59. The van der Waals surface area contributed by atoms with E-state index in [9.17, 15) is 45.7 Å². The Hall–Kier alpha value is -2.60. The molecule has 0 fully saturated rings. The molecule has 1 aliphatic rings. The highest BCUT2D eigenvalue weighted by Crippen LogP contribution is 2.33. The molecule has 12 nitrogen and oxygen atoms in total. The van der Waals surface area contributed by atoms with Crippen molar-refractivity contribution in [1.29, 1.82) is 0 Å². The zero-order valence-electron chi connectivity index (χ0n) is 8.29. The highest BCUT2D eigenvalue weighted by atomic mass is 16.7. The van der Waals surface area contributed by atoms with Gasteiger partial charge in [0.25, 0.3) is 17.6 Å². The van der Waals surface area contributed by atoms with Gasteiger partial charge in [-0.1, -0.05) is 0 Å². The highest BCUT2D eigenvalue weighted by Gasteiger charge is 2.64. The maximum Gasteiger partial charge on any atom is 0.423 e. The first-order valence-corrected chi connectivity index (χ1v) is 4.13. The van der Waals surface area contributed by atoms with Gasteiger partial charge in [0, 0.05) is 0 Å². The molecule has 3 N–H and O–H groups in total. The summed E-state index contributed by atoms with van der Waals surface area (Å²) in [5.41, 5.74) is -6.55. The Bertz CT molecular complexity index is 508. The van der Waals surface area contributed by atoms with Crippen LogP contribution in [-0.2, 0) is 0 Å². The van der Waals surface area contributed by atoms with Gasteiger partial charge in [0.1, 0.15) is 0 Å². The molecule has 12 heteroatoms. The van der Waals surface area contributed by atoms with Crippen LogP contribution in [0, 0.1) is 30.3 Å². The molecule has 2 atom stereocenters. The molecule has 0 bridgehead atoms. The maximum atomic E-state index is 10.6. The quantitative estimate of drug-likeness (QED) is 0.310. The SMILES string of the molecule is O=[N+]([O-])C1=CC([N+](=O)[O-])=C(O)C(O)([N+](=O)[O-])C1O. The van der Waals surface area contributed by atoms with Gasteiger partial charge < -0.3 is 15.3 Å². The van der Waals surface area contributed by atoms with Crippen LogP contribution in [0.15, 0.2) is 23.2 Å². The molecule has 0 radical (unpaired) electrons. The van der Waals surface area contributed by atoms with Gasteiger partial charge in [-0.05, 0) is 0 Å². The molecule has 0 heterocycles. The average Bonchev–Trinajstić information content (AvgIpc) is 2.24. The lowest BCUT2D eigenvalue weighted by Crippen LogP contribution is -2.55. The largest absolute Gasteiger partial charge is 0.499 e. The van der Waals surface area contributed by atoms with Crippen LogP contribution in [-0.4, -0.2) is 41.9 Å². The van der Waals surface area contributed by atoms with Crippen molar-refractivity contribution in [2.24, 2.45) is 0 Å². The number of hydrogen-bond acceptors (Lipinski definition) is 9. The lowest BCUT2D eigenvalue weighted by molar-refractivity contribution is -0.636. The molecule has 1 rings (SSSR count). The number of hydrogen-bond donors (Lipinski definition) is 3. The zero-order valence-corrected chi connectivity index (χ0v) is 8.29. The first-order valence-electron chi connectivity index (χ1n) is 4.13. The van der Waals surface area contributed by atoms with Crippen molar-refractivity contribution < 1.29 is 30.1 Å². The molecule has 0 aromatic heterocycles. The maximum absolute atomic E-state index is 10.6. The summed E-state index contributed by atoms with van der Waals surface area (Å²) in [5.74, 6) is -1.78. The van der Waals surface area contributed by atoms with Gasteiger partial charge in [-0.2, -0.15) is 0 Å². The second-order valence-electron chi connectivity index (χ2n) is 3.20. The molecule has 1 aliphatic carbocycles. The van der Waals surface area contributed by atoms with Crippen LogP contribution in [0.25, 0.3) is 0 Å². The van der Waals surface area contributed by atoms with Crippen molar-refractivity contribution in [2.45, 2.75) is 11.8 Å². The third kappa shape index (κ3) is 1.64. The van der Waals surface area contributed by atoms with Crippen LogP contribution in [0.3, 0.4) is 0 Å². The number of nitrogens with zero attached hydrogens (tertiary/aromatic N) is 3. The molecular formula is C6H5N3O9. The Morgan fingerprint density at radius 2 is 1.67 bits per heavy atom. The monoisotopic (exact) mass is 263 g/mol. The fourth-order valence-corrected chi connectivity index (χ4v) is 1.29. The van der Waals surface area contributed by atoms with E-state index in [0.29, 0.717) is 0 Å². The van der Waals surface area contributed by atoms with E-state index < -0.39 is 43.8 Å². The van der Waals surface area contributed by atoms with Crippen molar-refractivity contribution in [3.8, 4) is 0 Å². The number of nitro groups is 3. The van der Waals surface area contributed by atoms with Gasteiger partial charge >= 0.3 is 11.4 Å². The standard InChI is InChI=1S/C6H5N3O9/c10-4-2(7(13)14)1-3(8(15)16)5(11)6(4,12)9(17)18/h1,4,10-12H. The summed E-state index contributed by atoms with van der Waals surface area (Å²) in [6.07, 6.45) is -2.61. The summed E-state index contributed by atoms with van der Waals surface area (Å²) in [5, 5.41) is 59.4. The Morgan fingerprint density at radius 1 is 1.17 bits per heavy atom. The van der Waals surface area contributed by atoms with Gasteiger partial charge in [-0.25, -0.2) is 0 Å². The van der Waals surface area contributed by atoms with Gasteiger partial charge in [-0.3, -0.25) is 30.3 Å². The van der Waals surface area contributed by atoms with Crippen molar-refractivity contribution in [3.05, 3.63) is 53.6 Å². The molecule has 0 amide bonds. The minimum atomic E-state index is -3.74. The lowest BCUT2D eigenvalue weighted by atomic mass is 9.95.